The van der Waals surface area contributed by atoms with Crippen molar-refractivity contribution in [1.29, 1.82) is 0 Å². The van der Waals surface area contributed by atoms with E-state index in [0.29, 0.717) is 34.9 Å². The Balaban J connectivity index is 1.57. The van der Waals surface area contributed by atoms with Crippen molar-refractivity contribution in [3.63, 3.8) is 0 Å². The molecule has 7 heteroatoms. The molecule has 0 unspecified atom stereocenters. The van der Waals surface area contributed by atoms with Gasteiger partial charge in [0, 0.05) is 30.2 Å². The number of halogens is 2. The molecule has 0 saturated heterocycles. The number of benzene rings is 1. The van der Waals surface area contributed by atoms with Crippen LogP contribution in [0.25, 0.3) is 5.69 Å². The van der Waals surface area contributed by atoms with Gasteiger partial charge in [-0.1, -0.05) is 29.8 Å². The number of pyridine rings is 1. The van der Waals surface area contributed by atoms with Gasteiger partial charge < -0.3 is 5.32 Å². The molecule has 1 aliphatic rings. The predicted octanol–water partition coefficient (Wildman–Crippen LogP) is 3.73. The van der Waals surface area contributed by atoms with Crippen LogP contribution < -0.4 is 5.32 Å². The van der Waals surface area contributed by atoms with Gasteiger partial charge in [-0.3, -0.25) is 9.78 Å². The topological polar surface area (TPSA) is 59.8 Å². The number of rotatable bonds is 4. The lowest BCUT2D eigenvalue weighted by Gasteiger charge is -2.15. The zero-order valence-corrected chi connectivity index (χ0v) is 13.9. The Morgan fingerprint density at radius 3 is 2.76 bits per heavy atom. The van der Waals surface area contributed by atoms with E-state index in [4.69, 9.17) is 11.6 Å². The third kappa shape index (κ3) is 2.78. The minimum atomic E-state index is -0.802. The summed E-state index contributed by atoms with van der Waals surface area (Å²) >= 11 is 6.10. The zero-order valence-electron chi connectivity index (χ0n) is 13.1. The molecule has 1 aliphatic carbocycles. The molecule has 0 bridgehead atoms. The second-order valence-electron chi connectivity index (χ2n) is 5.99. The van der Waals surface area contributed by atoms with E-state index in [-0.39, 0.29) is 11.7 Å². The molecular weight excluding hydrogens is 343 g/mol. The minimum Gasteiger partial charge on any atom is -0.308 e. The summed E-state index contributed by atoms with van der Waals surface area (Å²) in [5, 5.41) is 7.55. The third-order valence-corrected chi connectivity index (χ3v) is 4.69. The number of aromatic nitrogens is 3. The number of anilines is 1. The Bertz CT molecular complexity index is 952. The van der Waals surface area contributed by atoms with Crippen LogP contribution in [0.2, 0.25) is 5.02 Å². The van der Waals surface area contributed by atoms with Gasteiger partial charge in [-0.25, -0.2) is 9.07 Å². The van der Waals surface area contributed by atoms with Gasteiger partial charge in [0.25, 0.3) is 0 Å². The van der Waals surface area contributed by atoms with Crippen LogP contribution in [0.3, 0.4) is 0 Å². The molecule has 3 aromatic rings. The van der Waals surface area contributed by atoms with Crippen LogP contribution in [0, 0.1) is 5.82 Å². The summed E-state index contributed by atoms with van der Waals surface area (Å²) in [5.41, 5.74) is 0.292. The molecule has 1 saturated carbocycles. The van der Waals surface area contributed by atoms with Crippen molar-refractivity contribution in [1.82, 2.24) is 14.8 Å². The van der Waals surface area contributed by atoms with E-state index in [1.807, 2.05) is 0 Å². The molecule has 0 spiro atoms. The standard InChI is InChI=1S/C18H14ClFN4O/c19-13-11-21-9-5-15(13)24-10-6-16(23-24)22-17(25)18(7-8-18)12-3-1-2-4-14(12)20/h1-6,9-11H,7-8H2,(H,22,23,25). The largest absolute Gasteiger partial charge is 0.308 e. The summed E-state index contributed by atoms with van der Waals surface area (Å²) in [5.74, 6) is -0.214. The molecule has 1 amide bonds. The minimum absolute atomic E-state index is 0.247. The lowest BCUT2D eigenvalue weighted by Crippen LogP contribution is -2.29. The summed E-state index contributed by atoms with van der Waals surface area (Å²) < 4.78 is 15.6. The van der Waals surface area contributed by atoms with Crippen molar-refractivity contribution in [3.8, 4) is 5.69 Å². The summed E-state index contributed by atoms with van der Waals surface area (Å²) in [4.78, 5) is 16.6. The maximum absolute atomic E-state index is 14.1. The first-order valence-electron chi connectivity index (χ1n) is 7.82. The van der Waals surface area contributed by atoms with Gasteiger partial charge in [-0.15, -0.1) is 0 Å². The van der Waals surface area contributed by atoms with E-state index in [2.05, 4.69) is 15.4 Å². The van der Waals surface area contributed by atoms with Crippen LogP contribution in [0.4, 0.5) is 10.2 Å². The number of nitrogens with zero attached hydrogens (tertiary/aromatic N) is 3. The highest BCUT2D eigenvalue weighted by Crippen LogP contribution is 2.49. The van der Waals surface area contributed by atoms with Crippen LogP contribution >= 0.6 is 11.6 Å². The van der Waals surface area contributed by atoms with Crippen molar-refractivity contribution in [2.75, 3.05) is 5.32 Å². The smallest absolute Gasteiger partial charge is 0.236 e. The quantitative estimate of drug-likeness (QED) is 0.774. The molecule has 0 aliphatic heterocycles. The van der Waals surface area contributed by atoms with E-state index < -0.39 is 5.41 Å². The SMILES string of the molecule is O=C(Nc1ccn(-c2ccncc2Cl)n1)C1(c2ccccc2F)CC1. The number of hydrogen-bond donors (Lipinski definition) is 1. The summed E-state index contributed by atoms with van der Waals surface area (Å²) in [6.45, 7) is 0. The monoisotopic (exact) mass is 356 g/mol. The second kappa shape index (κ2) is 5.97. The van der Waals surface area contributed by atoms with Crippen LogP contribution in [-0.2, 0) is 10.2 Å². The van der Waals surface area contributed by atoms with Gasteiger partial charge in [0.1, 0.15) is 5.82 Å². The van der Waals surface area contributed by atoms with Crippen molar-refractivity contribution >= 4 is 23.3 Å². The number of carbonyl (C=O) groups excluding carboxylic acids is 1. The number of hydrogen-bond acceptors (Lipinski definition) is 3. The van der Waals surface area contributed by atoms with Gasteiger partial charge >= 0.3 is 0 Å². The first-order chi connectivity index (χ1) is 12.1. The Morgan fingerprint density at radius 2 is 2.04 bits per heavy atom. The van der Waals surface area contributed by atoms with Crippen LogP contribution in [-0.4, -0.2) is 20.7 Å². The number of carbonyl (C=O) groups is 1. The molecule has 1 N–H and O–H groups in total. The second-order valence-corrected chi connectivity index (χ2v) is 6.40. The maximum atomic E-state index is 14.1. The molecular formula is C18H14ClFN4O. The highest BCUT2D eigenvalue weighted by atomic mass is 35.5. The fourth-order valence-electron chi connectivity index (χ4n) is 2.91. The molecule has 1 aromatic carbocycles. The van der Waals surface area contributed by atoms with E-state index >= 15 is 0 Å². The normalized spacial score (nSPS) is 15.0. The third-order valence-electron chi connectivity index (χ3n) is 4.40. The fourth-order valence-corrected chi connectivity index (χ4v) is 3.11. The van der Waals surface area contributed by atoms with Gasteiger partial charge in [-0.2, -0.15) is 5.10 Å². The lowest BCUT2D eigenvalue weighted by atomic mass is 9.94. The predicted molar refractivity (Wildman–Crippen MR) is 92.3 cm³/mol. The van der Waals surface area contributed by atoms with Crippen LogP contribution in [0.1, 0.15) is 18.4 Å². The summed E-state index contributed by atoms with van der Waals surface area (Å²) in [7, 11) is 0. The van der Waals surface area contributed by atoms with Crippen LogP contribution in [0.15, 0.2) is 55.0 Å². The van der Waals surface area contributed by atoms with E-state index in [9.17, 15) is 9.18 Å². The highest BCUT2D eigenvalue weighted by molar-refractivity contribution is 6.32. The Hall–Kier alpha value is -2.73. The van der Waals surface area contributed by atoms with Gasteiger partial charge in [0.2, 0.25) is 5.91 Å². The molecule has 2 heterocycles. The molecule has 1 fully saturated rings. The average molecular weight is 357 g/mol. The van der Waals surface area contributed by atoms with E-state index in [1.54, 1.807) is 47.4 Å². The first kappa shape index (κ1) is 15.8. The molecule has 5 nitrogen and oxygen atoms in total. The van der Waals surface area contributed by atoms with Crippen molar-refractivity contribution in [2.45, 2.75) is 18.3 Å². The molecule has 25 heavy (non-hydrogen) atoms. The average Bonchev–Trinajstić information content (AvgIpc) is 3.29. The van der Waals surface area contributed by atoms with E-state index in [1.165, 1.54) is 12.3 Å². The van der Waals surface area contributed by atoms with Gasteiger partial charge in [0.15, 0.2) is 5.82 Å². The van der Waals surface area contributed by atoms with Crippen molar-refractivity contribution < 1.29 is 9.18 Å². The number of nitrogens with one attached hydrogen (secondary N) is 1. The highest BCUT2D eigenvalue weighted by Gasteiger charge is 2.52. The Labute approximate surface area is 148 Å². The van der Waals surface area contributed by atoms with Crippen molar-refractivity contribution in [3.05, 3.63) is 71.4 Å². The Kier molecular flexibility index (Phi) is 3.77. The number of amides is 1. The first-order valence-corrected chi connectivity index (χ1v) is 8.20. The molecule has 4 rings (SSSR count). The van der Waals surface area contributed by atoms with E-state index in [0.717, 1.165) is 0 Å². The summed E-state index contributed by atoms with van der Waals surface area (Å²) in [6.07, 6.45) is 6.07. The molecule has 0 radical (unpaired) electrons. The van der Waals surface area contributed by atoms with Crippen molar-refractivity contribution in [2.24, 2.45) is 0 Å². The fraction of sp³-hybridized carbons (Fsp3) is 0.167. The zero-order chi connectivity index (χ0) is 17.4. The lowest BCUT2D eigenvalue weighted by molar-refractivity contribution is -0.118. The van der Waals surface area contributed by atoms with Crippen LogP contribution in [0.5, 0.6) is 0 Å². The maximum Gasteiger partial charge on any atom is 0.236 e. The van der Waals surface area contributed by atoms with Gasteiger partial charge in [0.05, 0.1) is 16.1 Å². The van der Waals surface area contributed by atoms with Gasteiger partial charge in [-0.05, 0) is 25.0 Å². The molecule has 126 valence electrons. The Morgan fingerprint density at radius 1 is 1.24 bits per heavy atom. The summed E-state index contributed by atoms with van der Waals surface area (Å²) in [6, 6.07) is 9.80. The molecule has 0 atom stereocenters. The molecule has 2 aromatic heterocycles.